The van der Waals surface area contributed by atoms with Gasteiger partial charge in [-0.3, -0.25) is 10.1 Å². The van der Waals surface area contributed by atoms with Crippen LogP contribution in [-0.2, 0) is 16.1 Å². The second kappa shape index (κ2) is 6.76. The summed E-state index contributed by atoms with van der Waals surface area (Å²) in [7, 11) is 3.14. The Morgan fingerprint density at radius 2 is 1.94 bits per heavy atom. The molecular weight excluding hydrogens is 232 g/mol. The van der Waals surface area contributed by atoms with Crippen LogP contribution >= 0.6 is 0 Å². The van der Waals surface area contributed by atoms with Gasteiger partial charge in [0, 0.05) is 5.56 Å². The number of amides is 2. The zero-order valence-electron chi connectivity index (χ0n) is 10.9. The number of carbonyl (C=O) groups excluding carboxylic acids is 2. The molecule has 0 spiro atoms. The Labute approximate surface area is 107 Å². The van der Waals surface area contributed by atoms with Gasteiger partial charge in [0.2, 0.25) is 0 Å². The minimum Gasteiger partial charge on any atom is -0.453 e. The van der Waals surface area contributed by atoms with Crippen molar-refractivity contribution in [1.82, 2.24) is 5.32 Å². The van der Waals surface area contributed by atoms with Crippen LogP contribution < -0.4 is 10.2 Å². The summed E-state index contributed by atoms with van der Waals surface area (Å²) in [6, 6.07) is 9.56. The van der Waals surface area contributed by atoms with Gasteiger partial charge in [0.15, 0.2) is 6.04 Å². The fraction of sp³-hybridized carbons (Fsp3) is 0.385. The van der Waals surface area contributed by atoms with Gasteiger partial charge in [-0.15, -0.1) is 0 Å². The van der Waals surface area contributed by atoms with E-state index in [1.165, 1.54) is 7.11 Å². The van der Waals surface area contributed by atoms with Crippen molar-refractivity contribution in [3.8, 4) is 0 Å². The van der Waals surface area contributed by atoms with E-state index in [0.717, 1.165) is 17.0 Å². The Kier molecular flexibility index (Phi) is 5.32. The molecule has 0 fully saturated rings. The minimum absolute atomic E-state index is 0.329. The lowest BCUT2D eigenvalue weighted by Gasteiger charge is -2.20. The van der Waals surface area contributed by atoms with Crippen LogP contribution in [0.25, 0.3) is 0 Å². The van der Waals surface area contributed by atoms with Gasteiger partial charge >= 0.3 is 6.09 Å². The Hall–Kier alpha value is -1.88. The third-order valence-corrected chi connectivity index (χ3v) is 2.87. The van der Waals surface area contributed by atoms with Crippen molar-refractivity contribution in [3.05, 3.63) is 35.9 Å². The fourth-order valence-electron chi connectivity index (χ4n) is 1.55. The largest absolute Gasteiger partial charge is 0.453 e. The number of ether oxygens (including phenoxy) is 1. The Bertz CT molecular complexity index is 406. The minimum atomic E-state index is -0.723. The van der Waals surface area contributed by atoms with Gasteiger partial charge < -0.3 is 9.64 Å². The number of alkyl carbamates (subject to hydrolysis) is 1. The van der Waals surface area contributed by atoms with Gasteiger partial charge in [0.25, 0.3) is 5.91 Å². The predicted octanol–water partition coefficient (Wildman–Crippen LogP) is -0.0276. The molecule has 2 atom stereocenters. The number of benzene rings is 1. The lowest BCUT2D eigenvalue weighted by atomic mass is 10.2. The van der Waals surface area contributed by atoms with E-state index >= 15 is 0 Å². The standard InChI is InChI=1S/C13H18N2O3/c1-10(12(16)14-13(17)18-3)15(2)9-11-7-5-4-6-8-11/h4-8,10H,9H2,1-3H3,(H,14,16,17)/p+1/t10-/m1/s1. The third kappa shape index (κ3) is 4.18. The van der Waals surface area contributed by atoms with Crippen molar-refractivity contribution >= 4 is 12.0 Å². The molecule has 0 aliphatic rings. The number of hydrogen-bond donors (Lipinski definition) is 2. The highest BCUT2D eigenvalue weighted by Crippen LogP contribution is 1.95. The molecule has 5 heteroatoms. The van der Waals surface area contributed by atoms with Crippen molar-refractivity contribution in [2.45, 2.75) is 19.5 Å². The number of rotatable bonds is 4. The van der Waals surface area contributed by atoms with E-state index in [4.69, 9.17) is 0 Å². The van der Waals surface area contributed by atoms with Gasteiger partial charge in [-0.05, 0) is 6.92 Å². The second-order valence-corrected chi connectivity index (χ2v) is 4.21. The van der Waals surface area contributed by atoms with Gasteiger partial charge in [-0.1, -0.05) is 30.3 Å². The van der Waals surface area contributed by atoms with Crippen molar-refractivity contribution in [2.75, 3.05) is 14.2 Å². The molecule has 1 aromatic carbocycles. The summed E-state index contributed by atoms with van der Waals surface area (Å²) in [5.74, 6) is -0.338. The topological polar surface area (TPSA) is 59.8 Å². The number of hydrogen-bond acceptors (Lipinski definition) is 3. The molecule has 2 N–H and O–H groups in total. The third-order valence-electron chi connectivity index (χ3n) is 2.87. The summed E-state index contributed by atoms with van der Waals surface area (Å²) in [6.45, 7) is 2.49. The highest BCUT2D eigenvalue weighted by molar-refractivity contribution is 5.93. The van der Waals surface area contributed by atoms with Crippen molar-refractivity contribution < 1.29 is 19.2 Å². The first-order chi connectivity index (χ1) is 8.54. The van der Waals surface area contributed by atoms with Crippen LogP contribution in [0.15, 0.2) is 30.3 Å². The van der Waals surface area contributed by atoms with Gasteiger partial charge in [-0.25, -0.2) is 4.79 Å². The molecule has 5 nitrogen and oxygen atoms in total. The molecule has 1 rings (SSSR count). The Balaban J connectivity index is 2.53. The molecule has 0 bridgehead atoms. The number of carbonyl (C=O) groups is 2. The zero-order chi connectivity index (χ0) is 13.5. The summed E-state index contributed by atoms with van der Waals surface area (Å²) in [4.78, 5) is 23.7. The normalized spacial score (nSPS) is 13.5. The van der Waals surface area contributed by atoms with Crippen LogP contribution in [0.4, 0.5) is 4.79 Å². The molecule has 0 aromatic heterocycles. The maximum absolute atomic E-state index is 11.7. The summed E-state index contributed by atoms with van der Waals surface area (Å²) >= 11 is 0. The Morgan fingerprint density at radius 3 is 2.50 bits per heavy atom. The summed E-state index contributed by atoms with van der Waals surface area (Å²) in [5, 5.41) is 2.18. The van der Waals surface area contributed by atoms with E-state index in [-0.39, 0.29) is 11.9 Å². The summed E-state index contributed by atoms with van der Waals surface area (Å²) < 4.78 is 4.39. The van der Waals surface area contributed by atoms with Crippen molar-refractivity contribution in [2.24, 2.45) is 0 Å². The molecule has 2 amide bonds. The first kappa shape index (κ1) is 14.2. The maximum Gasteiger partial charge on any atom is 0.413 e. The van der Waals surface area contributed by atoms with E-state index < -0.39 is 6.09 Å². The van der Waals surface area contributed by atoms with Crippen molar-refractivity contribution in [1.29, 1.82) is 0 Å². The van der Waals surface area contributed by atoms with E-state index in [0.29, 0.717) is 0 Å². The van der Waals surface area contributed by atoms with E-state index in [1.807, 2.05) is 37.4 Å². The highest BCUT2D eigenvalue weighted by Gasteiger charge is 2.23. The van der Waals surface area contributed by atoms with Gasteiger partial charge in [0.05, 0.1) is 14.2 Å². The van der Waals surface area contributed by atoms with Crippen LogP contribution in [0.5, 0.6) is 0 Å². The average molecular weight is 251 g/mol. The molecule has 0 saturated heterocycles. The molecule has 1 unspecified atom stereocenters. The molecule has 0 aliphatic heterocycles. The van der Waals surface area contributed by atoms with E-state index in [2.05, 4.69) is 10.1 Å². The fourth-order valence-corrected chi connectivity index (χ4v) is 1.55. The lowest BCUT2D eigenvalue weighted by Crippen LogP contribution is -3.12. The number of nitrogens with one attached hydrogen (secondary N) is 2. The number of quaternary nitrogens is 1. The quantitative estimate of drug-likeness (QED) is 0.790. The lowest BCUT2D eigenvalue weighted by molar-refractivity contribution is -0.908. The van der Waals surface area contributed by atoms with Crippen LogP contribution in [0.3, 0.4) is 0 Å². The number of methoxy groups -OCH3 is 1. The summed E-state index contributed by atoms with van der Waals surface area (Å²) in [6.07, 6.45) is -0.723. The van der Waals surface area contributed by atoms with Crippen LogP contribution in [0, 0.1) is 0 Å². The van der Waals surface area contributed by atoms with E-state index in [1.54, 1.807) is 6.92 Å². The van der Waals surface area contributed by atoms with Crippen molar-refractivity contribution in [3.63, 3.8) is 0 Å². The van der Waals surface area contributed by atoms with Crippen LogP contribution in [-0.4, -0.2) is 32.2 Å². The van der Waals surface area contributed by atoms with Crippen LogP contribution in [0.1, 0.15) is 12.5 Å². The molecule has 98 valence electrons. The monoisotopic (exact) mass is 251 g/mol. The first-order valence-corrected chi connectivity index (χ1v) is 5.79. The van der Waals surface area contributed by atoms with E-state index in [9.17, 15) is 9.59 Å². The molecule has 0 saturated carbocycles. The highest BCUT2D eigenvalue weighted by atomic mass is 16.5. The number of likely N-dealkylation sites (N-methyl/N-ethyl adjacent to an activating group) is 1. The maximum atomic E-state index is 11.7. The Morgan fingerprint density at radius 1 is 1.33 bits per heavy atom. The molecular formula is C13H19N2O3+. The second-order valence-electron chi connectivity index (χ2n) is 4.21. The molecule has 0 heterocycles. The first-order valence-electron chi connectivity index (χ1n) is 5.79. The number of imide groups is 1. The molecule has 1 aromatic rings. The SMILES string of the molecule is COC(=O)NC(=O)[C@@H](C)[NH+](C)Cc1ccccc1. The molecule has 0 radical (unpaired) electrons. The average Bonchev–Trinajstić information content (AvgIpc) is 2.38. The summed E-state index contributed by atoms with van der Waals surface area (Å²) in [5.41, 5.74) is 1.15. The molecule has 18 heavy (non-hydrogen) atoms. The molecule has 0 aliphatic carbocycles. The predicted molar refractivity (Wildman–Crippen MR) is 67.0 cm³/mol. The van der Waals surface area contributed by atoms with Gasteiger partial charge in [-0.2, -0.15) is 0 Å². The van der Waals surface area contributed by atoms with Gasteiger partial charge in [0.1, 0.15) is 6.54 Å². The zero-order valence-corrected chi connectivity index (χ0v) is 10.9. The smallest absolute Gasteiger partial charge is 0.413 e. The van der Waals surface area contributed by atoms with Crippen LogP contribution in [0.2, 0.25) is 0 Å².